The topological polar surface area (TPSA) is 79.5 Å². The first-order chi connectivity index (χ1) is 8.54. The molecule has 0 aliphatic heterocycles. The number of carbonyl (C=O) groups excluding carboxylic acids is 1. The Labute approximate surface area is 106 Å². The van der Waals surface area contributed by atoms with Crippen molar-refractivity contribution in [3.63, 3.8) is 0 Å². The molecule has 0 radical (unpaired) electrons. The fraction of sp³-hybridized carbons (Fsp3) is 0.538. The Balaban J connectivity index is 2.39. The van der Waals surface area contributed by atoms with Gasteiger partial charge >= 0.3 is 5.97 Å². The lowest BCUT2D eigenvalue weighted by Gasteiger charge is -2.11. The fourth-order valence-electron chi connectivity index (χ4n) is 1.65. The molecule has 0 bridgehead atoms. The molecule has 1 amide bonds. The second-order valence-electron chi connectivity index (χ2n) is 4.36. The molecule has 0 fully saturated rings. The number of nitrogens with one attached hydrogen (secondary N) is 1. The maximum absolute atomic E-state index is 11.8. The van der Waals surface area contributed by atoms with Crippen molar-refractivity contribution >= 4 is 11.9 Å². The standard InChI is InChI=1S/C13H19NO4/c1-3-11-10(6-7-18-11)13(17)14-8-9(2)4-5-12(15)16/h6-7,9H,3-5,8H2,1-2H3,(H,14,17)(H,15,16). The van der Waals surface area contributed by atoms with Gasteiger partial charge in [0.2, 0.25) is 0 Å². The first kappa shape index (κ1) is 14.3. The Morgan fingerprint density at radius 3 is 2.83 bits per heavy atom. The molecular formula is C13H19NO4. The summed E-state index contributed by atoms with van der Waals surface area (Å²) in [5.41, 5.74) is 0.558. The number of rotatable bonds is 7. The lowest BCUT2D eigenvalue weighted by molar-refractivity contribution is -0.137. The third kappa shape index (κ3) is 4.24. The first-order valence-corrected chi connectivity index (χ1v) is 6.11. The minimum atomic E-state index is -0.809. The minimum absolute atomic E-state index is 0.128. The molecule has 100 valence electrons. The van der Waals surface area contributed by atoms with E-state index < -0.39 is 5.97 Å². The van der Waals surface area contributed by atoms with Crippen molar-refractivity contribution in [1.82, 2.24) is 5.32 Å². The summed E-state index contributed by atoms with van der Waals surface area (Å²) >= 11 is 0. The number of aryl methyl sites for hydroxylation is 1. The molecule has 1 rings (SSSR count). The number of hydrogen-bond acceptors (Lipinski definition) is 3. The molecule has 1 aromatic heterocycles. The van der Waals surface area contributed by atoms with Crippen LogP contribution < -0.4 is 5.32 Å². The normalized spacial score (nSPS) is 12.1. The molecule has 0 saturated heterocycles. The number of carboxylic acid groups (broad SMARTS) is 1. The summed E-state index contributed by atoms with van der Waals surface area (Å²) in [4.78, 5) is 22.3. The van der Waals surface area contributed by atoms with Crippen LogP contribution in [0.25, 0.3) is 0 Å². The molecule has 5 heteroatoms. The van der Waals surface area contributed by atoms with Crippen molar-refractivity contribution < 1.29 is 19.1 Å². The van der Waals surface area contributed by atoms with Crippen LogP contribution in [0.2, 0.25) is 0 Å². The summed E-state index contributed by atoms with van der Waals surface area (Å²) in [7, 11) is 0. The Bertz CT molecular complexity index is 411. The lowest BCUT2D eigenvalue weighted by Crippen LogP contribution is -2.28. The molecule has 0 saturated carbocycles. The highest BCUT2D eigenvalue weighted by atomic mass is 16.4. The molecule has 1 heterocycles. The van der Waals surface area contributed by atoms with Gasteiger partial charge in [0, 0.05) is 19.4 Å². The maximum atomic E-state index is 11.8. The van der Waals surface area contributed by atoms with Gasteiger partial charge in [0.15, 0.2) is 0 Å². The molecule has 18 heavy (non-hydrogen) atoms. The number of amides is 1. The molecule has 0 aliphatic rings. The second-order valence-corrected chi connectivity index (χ2v) is 4.36. The maximum Gasteiger partial charge on any atom is 0.303 e. The zero-order chi connectivity index (χ0) is 13.5. The zero-order valence-electron chi connectivity index (χ0n) is 10.7. The van der Waals surface area contributed by atoms with Gasteiger partial charge in [-0.25, -0.2) is 0 Å². The van der Waals surface area contributed by atoms with Gasteiger partial charge in [0.25, 0.3) is 5.91 Å². The van der Waals surface area contributed by atoms with Gasteiger partial charge in [-0.1, -0.05) is 13.8 Å². The Morgan fingerprint density at radius 2 is 2.22 bits per heavy atom. The van der Waals surface area contributed by atoms with Gasteiger partial charge < -0.3 is 14.8 Å². The third-order valence-corrected chi connectivity index (χ3v) is 2.77. The Kier molecular flexibility index (Phi) is 5.42. The zero-order valence-corrected chi connectivity index (χ0v) is 10.7. The van der Waals surface area contributed by atoms with Gasteiger partial charge in [-0.05, 0) is 18.4 Å². The number of carbonyl (C=O) groups is 2. The average molecular weight is 253 g/mol. The average Bonchev–Trinajstić information content (AvgIpc) is 2.81. The number of furan rings is 1. The molecule has 1 atom stereocenters. The lowest BCUT2D eigenvalue weighted by atomic mass is 10.1. The van der Waals surface area contributed by atoms with Crippen molar-refractivity contribution in [1.29, 1.82) is 0 Å². The fourth-order valence-corrected chi connectivity index (χ4v) is 1.65. The minimum Gasteiger partial charge on any atom is -0.481 e. The van der Waals surface area contributed by atoms with Crippen LogP contribution in [0.4, 0.5) is 0 Å². The van der Waals surface area contributed by atoms with E-state index in [4.69, 9.17) is 9.52 Å². The van der Waals surface area contributed by atoms with Gasteiger partial charge in [-0.2, -0.15) is 0 Å². The Hall–Kier alpha value is -1.78. The van der Waals surface area contributed by atoms with Gasteiger partial charge in [0.1, 0.15) is 5.76 Å². The summed E-state index contributed by atoms with van der Waals surface area (Å²) in [5.74, 6) is -0.160. The van der Waals surface area contributed by atoms with Crippen LogP contribution in [0, 0.1) is 5.92 Å². The predicted molar refractivity (Wildman–Crippen MR) is 66.5 cm³/mol. The highest BCUT2D eigenvalue weighted by molar-refractivity contribution is 5.95. The predicted octanol–water partition coefficient (Wildman–Crippen LogP) is 2.07. The molecule has 5 nitrogen and oxygen atoms in total. The molecular weight excluding hydrogens is 234 g/mol. The molecule has 1 unspecified atom stereocenters. The highest BCUT2D eigenvalue weighted by Gasteiger charge is 2.14. The number of hydrogen-bond donors (Lipinski definition) is 2. The van der Waals surface area contributed by atoms with Crippen molar-refractivity contribution in [3.05, 3.63) is 23.7 Å². The van der Waals surface area contributed by atoms with E-state index in [0.29, 0.717) is 30.7 Å². The quantitative estimate of drug-likeness (QED) is 0.779. The van der Waals surface area contributed by atoms with Crippen LogP contribution >= 0.6 is 0 Å². The smallest absolute Gasteiger partial charge is 0.303 e. The van der Waals surface area contributed by atoms with E-state index in [2.05, 4.69) is 5.32 Å². The van der Waals surface area contributed by atoms with Gasteiger partial charge in [-0.3, -0.25) is 9.59 Å². The van der Waals surface area contributed by atoms with E-state index in [-0.39, 0.29) is 18.2 Å². The van der Waals surface area contributed by atoms with Crippen molar-refractivity contribution in [2.45, 2.75) is 33.1 Å². The summed E-state index contributed by atoms with van der Waals surface area (Å²) < 4.78 is 5.18. The van der Waals surface area contributed by atoms with Crippen molar-refractivity contribution in [2.24, 2.45) is 5.92 Å². The van der Waals surface area contributed by atoms with E-state index in [1.54, 1.807) is 6.07 Å². The molecule has 0 aromatic carbocycles. The summed E-state index contributed by atoms with van der Waals surface area (Å²) in [5, 5.41) is 11.3. The SMILES string of the molecule is CCc1occc1C(=O)NCC(C)CCC(=O)O. The number of aliphatic carboxylic acids is 1. The molecule has 0 spiro atoms. The highest BCUT2D eigenvalue weighted by Crippen LogP contribution is 2.11. The molecule has 1 aromatic rings. The van der Waals surface area contributed by atoms with Crippen LogP contribution in [0.5, 0.6) is 0 Å². The van der Waals surface area contributed by atoms with Crippen molar-refractivity contribution in [2.75, 3.05) is 6.54 Å². The van der Waals surface area contributed by atoms with Crippen LogP contribution in [0.3, 0.4) is 0 Å². The van der Waals surface area contributed by atoms with E-state index in [1.807, 2.05) is 13.8 Å². The summed E-state index contributed by atoms with van der Waals surface area (Å²) in [6.07, 6.45) is 2.86. The first-order valence-electron chi connectivity index (χ1n) is 6.11. The van der Waals surface area contributed by atoms with Crippen LogP contribution in [-0.2, 0) is 11.2 Å². The van der Waals surface area contributed by atoms with E-state index in [9.17, 15) is 9.59 Å². The number of carboxylic acids is 1. The monoisotopic (exact) mass is 253 g/mol. The molecule has 2 N–H and O–H groups in total. The van der Waals surface area contributed by atoms with Gasteiger partial charge in [-0.15, -0.1) is 0 Å². The van der Waals surface area contributed by atoms with E-state index in [0.717, 1.165) is 0 Å². The Morgan fingerprint density at radius 1 is 1.50 bits per heavy atom. The second kappa shape index (κ2) is 6.83. The van der Waals surface area contributed by atoms with E-state index >= 15 is 0 Å². The van der Waals surface area contributed by atoms with E-state index in [1.165, 1.54) is 6.26 Å². The van der Waals surface area contributed by atoms with Crippen LogP contribution in [-0.4, -0.2) is 23.5 Å². The summed E-state index contributed by atoms with van der Waals surface area (Å²) in [6, 6.07) is 1.65. The van der Waals surface area contributed by atoms with Crippen LogP contribution in [0.15, 0.2) is 16.7 Å². The third-order valence-electron chi connectivity index (χ3n) is 2.77. The summed E-state index contributed by atoms with van der Waals surface area (Å²) in [6.45, 7) is 4.31. The molecule has 0 aliphatic carbocycles. The van der Waals surface area contributed by atoms with Crippen LogP contribution in [0.1, 0.15) is 42.8 Å². The van der Waals surface area contributed by atoms with Crippen molar-refractivity contribution in [3.8, 4) is 0 Å². The van der Waals surface area contributed by atoms with Gasteiger partial charge in [0.05, 0.1) is 11.8 Å². The largest absolute Gasteiger partial charge is 0.481 e.